The van der Waals surface area contributed by atoms with Crippen LogP contribution in [0.5, 0.6) is 51.7 Å². The van der Waals surface area contributed by atoms with Gasteiger partial charge in [0.2, 0.25) is 59.3 Å². The highest BCUT2D eigenvalue weighted by Gasteiger charge is 2.53. The average Bonchev–Trinajstić information content (AvgIpc) is 0.769. The summed E-state index contributed by atoms with van der Waals surface area (Å²) < 4.78 is 45.6. The van der Waals surface area contributed by atoms with E-state index in [1.54, 1.807) is 6.92 Å². The Morgan fingerprint density at radius 2 is 1.32 bits per heavy atom. The van der Waals surface area contributed by atoms with Crippen LogP contribution < -0.4 is 72.5 Å². The number of thioether (sulfide) groups is 1. The molecule has 125 heavy (non-hydrogen) atoms. The summed E-state index contributed by atoms with van der Waals surface area (Å²) in [4.78, 5) is 133. The number of benzene rings is 6. The number of unbranched alkanes of at least 4 members (excludes halogenated alkanes) is 5. The molecule has 2 fully saturated rings. The number of carboxylic acids is 1. The van der Waals surface area contributed by atoms with Crippen molar-refractivity contribution >= 4 is 88.2 Å². The van der Waals surface area contributed by atoms with E-state index < -0.39 is 249 Å². The molecule has 2 saturated heterocycles. The summed E-state index contributed by atoms with van der Waals surface area (Å²) in [6, 6.07) is 5.79. The Bertz CT molecular complexity index is 4920. The molecule has 6 aromatic rings. The zero-order valence-corrected chi connectivity index (χ0v) is 71.8. The number of phenols is 3. The van der Waals surface area contributed by atoms with Crippen molar-refractivity contribution in [2.75, 3.05) is 32.3 Å². The fourth-order valence-corrected chi connectivity index (χ4v) is 16.5. The van der Waals surface area contributed by atoms with Crippen LogP contribution in [0.4, 0.5) is 0 Å². The molecule has 0 radical (unpaired) electrons. The number of fused-ring (bicyclic) bond motifs is 15. The molecule has 7 aliphatic rings. The fraction of sp³-hybridized carbons (Fsp3) is 0.477. The Hall–Kier alpha value is -10.4. The lowest BCUT2D eigenvalue weighted by atomic mass is 9.84. The number of aliphatic hydroxyl groups is 6. The van der Waals surface area contributed by atoms with E-state index in [1.165, 1.54) is 50.7 Å². The maximum absolute atomic E-state index is 16.3. The van der Waals surface area contributed by atoms with E-state index in [0.717, 1.165) is 98.0 Å². The lowest BCUT2D eigenvalue weighted by Gasteiger charge is -2.48. The number of aliphatic hydroxyl groups excluding tert-OH is 6. The summed E-state index contributed by atoms with van der Waals surface area (Å²) >= 11 is 15.9. The van der Waals surface area contributed by atoms with Crippen molar-refractivity contribution in [2.24, 2.45) is 11.7 Å². The van der Waals surface area contributed by atoms with Gasteiger partial charge in [0.05, 0.1) is 53.4 Å². The van der Waals surface area contributed by atoms with Crippen LogP contribution in [0.3, 0.4) is 0 Å². The Labute approximate surface area is 733 Å². The van der Waals surface area contributed by atoms with Crippen LogP contribution in [0.15, 0.2) is 103 Å². The number of phenolic OH excluding ortho intramolecular Hbond substituents is 3. The molecule has 0 aliphatic carbocycles. The second-order valence-corrected chi connectivity index (χ2v) is 33.9. The summed E-state index contributed by atoms with van der Waals surface area (Å²) in [5.41, 5.74) is 2.10. The Kier molecular flexibility index (Phi) is 32.2. The van der Waals surface area contributed by atoms with Gasteiger partial charge in [-0.2, -0.15) is 11.8 Å². The van der Waals surface area contributed by atoms with Gasteiger partial charge in [-0.05, 0) is 153 Å². The molecule has 19 atom stereocenters. The monoisotopic (exact) mass is 1800 g/mol. The van der Waals surface area contributed by atoms with E-state index in [4.69, 9.17) is 62.1 Å². The van der Waals surface area contributed by atoms with Crippen LogP contribution in [0.25, 0.3) is 11.1 Å². The molecular weight excluding hydrogens is 1690 g/mol. The van der Waals surface area contributed by atoms with Gasteiger partial charge in [0.15, 0.2) is 29.9 Å². The number of likely N-dealkylation sites (N-methyl/N-ethyl adjacent to an activating group) is 1. The molecule has 0 unspecified atom stereocenters. The van der Waals surface area contributed by atoms with E-state index in [2.05, 4.69) is 54.8 Å². The number of rotatable bonds is 29. The first-order valence-corrected chi connectivity index (χ1v) is 43.1. The number of primary amides is 1. The number of carboxylic acid groups (broad SMARTS) is 1. The van der Waals surface area contributed by atoms with Crippen LogP contribution >= 0.6 is 35.0 Å². The Morgan fingerprint density at radius 1 is 0.688 bits per heavy atom. The van der Waals surface area contributed by atoms with Gasteiger partial charge in [-0.3, -0.25) is 38.4 Å². The molecule has 11 bridgehead atoms. The van der Waals surface area contributed by atoms with Crippen molar-refractivity contribution in [1.29, 1.82) is 0 Å². The number of halogens is 2. The van der Waals surface area contributed by atoms with Crippen LogP contribution in [0.2, 0.25) is 10.0 Å². The number of nitrogens with one attached hydrogen (secondary N) is 9. The first-order chi connectivity index (χ1) is 59.5. The third-order valence-corrected chi connectivity index (χ3v) is 23.5. The summed E-state index contributed by atoms with van der Waals surface area (Å²) in [5.74, 6) is -15.6. The van der Waals surface area contributed by atoms with Crippen LogP contribution in [0.1, 0.15) is 163 Å². The molecule has 7 heterocycles. The molecular formula is C86H106Cl2N10O26S. The topological polar surface area (TPSA) is 555 Å². The second kappa shape index (κ2) is 42.3. The fourth-order valence-electron chi connectivity index (χ4n) is 15.5. The van der Waals surface area contributed by atoms with Crippen LogP contribution in [0, 0.1) is 5.92 Å². The van der Waals surface area contributed by atoms with Gasteiger partial charge >= 0.3 is 5.97 Å². The van der Waals surface area contributed by atoms with Crippen molar-refractivity contribution in [3.63, 3.8) is 0 Å². The number of nitrogens with two attached hydrogens (primary N) is 1. The maximum atomic E-state index is 16.3. The van der Waals surface area contributed by atoms with Crippen molar-refractivity contribution in [1.82, 2.24) is 47.9 Å². The van der Waals surface area contributed by atoms with Crippen molar-refractivity contribution < 1.29 is 127 Å². The Morgan fingerprint density at radius 3 is 1.94 bits per heavy atom. The quantitative estimate of drug-likeness (QED) is 0.0277. The van der Waals surface area contributed by atoms with Gasteiger partial charge in [-0.15, -0.1) is 0 Å². The highest BCUT2D eigenvalue weighted by Crippen LogP contribution is 2.50. The molecule has 6 aromatic carbocycles. The number of hydrogen-bond donors (Lipinski definition) is 20. The summed E-state index contributed by atoms with van der Waals surface area (Å²) in [6.07, 6.45) is -10.9. The minimum atomic E-state index is -2.39. The molecule has 0 saturated carbocycles. The number of hydrogen-bond acceptors (Lipinski definition) is 28. The Balaban J connectivity index is 1.05. The van der Waals surface area contributed by atoms with E-state index in [1.807, 2.05) is 44.4 Å². The summed E-state index contributed by atoms with van der Waals surface area (Å²) in [5, 5.41) is 140. The van der Waals surface area contributed by atoms with Crippen LogP contribution in [-0.2, 0) is 63.9 Å². The van der Waals surface area contributed by atoms with Crippen molar-refractivity contribution in [3.05, 3.63) is 147 Å². The second-order valence-electron chi connectivity index (χ2n) is 32.1. The van der Waals surface area contributed by atoms with Crippen LogP contribution in [-0.4, -0.2) is 222 Å². The molecule has 13 rings (SSSR count). The molecule has 0 aromatic heterocycles. The zero-order valence-electron chi connectivity index (χ0n) is 69.4. The number of aromatic hydroxyl groups is 3. The van der Waals surface area contributed by atoms with Gasteiger partial charge in [0, 0.05) is 35.7 Å². The van der Waals surface area contributed by atoms with Crippen molar-refractivity contribution in [2.45, 2.75) is 221 Å². The third-order valence-electron chi connectivity index (χ3n) is 22.3. The lowest BCUT2D eigenvalue weighted by Crippen LogP contribution is -2.67. The molecule has 21 N–H and O–H groups in total. The van der Waals surface area contributed by atoms with E-state index >= 15 is 24.0 Å². The molecule has 7 aliphatic heterocycles. The largest absolute Gasteiger partial charge is 0.508 e. The molecule has 39 heteroatoms. The first-order valence-electron chi connectivity index (χ1n) is 40.9. The minimum Gasteiger partial charge on any atom is -0.508 e. The van der Waals surface area contributed by atoms with E-state index in [9.17, 15) is 70.2 Å². The first kappa shape index (κ1) is 95.3. The summed E-state index contributed by atoms with van der Waals surface area (Å²) in [7, 11) is 1.47. The third kappa shape index (κ3) is 22.9. The molecule has 36 nitrogen and oxygen atoms in total. The summed E-state index contributed by atoms with van der Waals surface area (Å²) in [6.45, 7) is 8.67. The van der Waals surface area contributed by atoms with Gasteiger partial charge in [0.25, 0.3) is 0 Å². The number of carbonyl (C=O) groups is 9. The van der Waals surface area contributed by atoms with E-state index in [0.29, 0.717) is 24.5 Å². The smallest absolute Gasteiger partial charge is 0.330 e. The zero-order chi connectivity index (χ0) is 90.6. The van der Waals surface area contributed by atoms with Crippen molar-refractivity contribution in [3.8, 4) is 62.9 Å². The lowest BCUT2D eigenvalue weighted by molar-refractivity contribution is -0.334. The van der Waals surface area contributed by atoms with Gasteiger partial charge in [0.1, 0.15) is 101 Å². The minimum absolute atomic E-state index is 0.117. The predicted molar refractivity (Wildman–Crippen MR) is 452 cm³/mol. The molecule has 0 spiro atoms. The average molecular weight is 1800 g/mol. The standard InChI is InChI=1S/C86H106Cl2N10O26S/c1-8-9-10-11-12-13-25-118-47-19-14-41(15-20-47)37-91-52(24-26-125-7)79(111)98-86(5)36-63(119-40(4)76(86)108)123-75-73(107)72(106)61(38-99)122-85(75)124-74-59-31-45-32-60(74)121-58-23-18-44(30-51(58)88)71(105)69-83(115)95-67(84(116)117)49-33-46(100)34-56(102)64(49)48-28-42(16-21-55(48)101)65(80(112)97-69)94-81(113)66(45)93-78(110)54(35-62(89)103)92-82(114)68(96-77(109)53(90-6)27-39(2)3)70(104)43-17-22-57(120-59)50(87)29-43/h14-23,28-34,39-40,52-54,61,63,65-73,75-76,85,90-91,99-102,104-108H,8-13,24-27,35-38H2,1-7H3,(H2,89,103)(H,92,114)(H,93,110)(H,94,113)(H,95,115)(H,96,109)(H,97,112)(H,98,111)(H,116,117)/t40-,52-,53+,54-,61+,63-,65+,66+,67-,68+,69-,70+,71+,72+,73-,75+,76+,85-,86-/m0/s1. The number of aliphatic carboxylic acids is 1. The van der Waals surface area contributed by atoms with E-state index in [-0.39, 0.29) is 52.8 Å². The van der Waals surface area contributed by atoms with Gasteiger partial charge < -0.3 is 138 Å². The number of ether oxygens (including phenoxy) is 7. The number of amides is 8. The maximum Gasteiger partial charge on any atom is 0.330 e. The highest BCUT2D eigenvalue weighted by molar-refractivity contribution is 7.98. The highest BCUT2D eigenvalue weighted by atomic mass is 35.5. The van der Waals surface area contributed by atoms with Gasteiger partial charge in [-0.25, -0.2) is 4.79 Å². The molecule has 676 valence electrons. The SMILES string of the molecule is CCCCCCCCOc1ccc(CN[C@@H](CCSC)C(=O)N[C@@]2(C)C[C@H](O[C@H]3[C@H](Oc4c5cc6cc4Oc4ccc(cc4Cl)[C@@H](O)[C@@H](NC(=O)[C@@H](CC(C)C)NC)C(=O)N[C@@H](CC(N)=O)C(=O)N[C@H]6C(=O)N[C@H]4C(=O)N[C@H](C(=O)N[C@H](C(=O)O)c6cc(O)cc(O)c6-c6cc4ccc6O)[C@H](O)c4ccc(c(Cl)c4)O5)O[C@H](CO)[C@@H](O)[C@@H]3O)O[C@@H](C)[C@H]2O)cc1. The van der Waals surface area contributed by atoms with Gasteiger partial charge in [-0.1, -0.05) is 106 Å². The predicted octanol–water partition coefficient (Wildman–Crippen LogP) is 4.91. The normalized spacial score (nSPS) is 26.2. The number of carbonyl (C=O) groups excluding carboxylic acids is 8. The molecule has 8 amide bonds.